The van der Waals surface area contributed by atoms with Gasteiger partial charge in [0.25, 0.3) is 5.91 Å². The van der Waals surface area contributed by atoms with Gasteiger partial charge in [0.05, 0.1) is 12.6 Å². The van der Waals surface area contributed by atoms with Crippen LogP contribution in [0.25, 0.3) is 0 Å². The molecule has 0 spiro atoms. The number of sulfonamides is 1. The Kier molecular flexibility index (Phi) is 4.73. The number of para-hydroxylation sites is 1. The topological polar surface area (TPSA) is 75.7 Å². The summed E-state index contributed by atoms with van der Waals surface area (Å²) in [5, 5.41) is 4.65. The van der Waals surface area contributed by atoms with E-state index in [0.29, 0.717) is 26.1 Å². The highest BCUT2D eigenvalue weighted by Crippen LogP contribution is 2.33. The van der Waals surface area contributed by atoms with Gasteiger partial charge in [0.15, 0.2) is 0 Å². The van der Waals surface area contributed by atoms with E-state index >= 15 is 0 Å². The third kappa shape index (κ3) is 3.13. The fourth-order valence-corrected chi connectivity index (χ4v) is 6.27. The minimum absolute atomic E-state index is 0.113. The summed E-state index contributed by atoms with van der Waals surface area (Å²) >= 11 is 1.16. The average Bonchev–Trinajstić information content (AvgIpc) is 3.34. The molecule has 6 nitrogen and oxygen atoms in total. The maximum Gasteiger partial charge on any atom is 0.263 e. The quantitative estimate of drug-likeness (QED) is 0.868. The van der Waals surface area contributed by atoms with Crippen LogP contribution < -0.4 is 10.1 Å². The molecule has 4 rings (SSSR count). The van der Waals surface area contributed by atoms with E-state index in [-0.39, 0.29) is 21.7 Å². The Morgan fingerprint density at radius 3 is 2.77 bits per heavy atom. The first-order valence-electron chi connectivity index (χ1n) is 8.67. The molecule has 1 atom stereocenters. The molecule has 0 radical (unpaired) electrons. The van der Waals surface area contributed by atoms with Crippen LogP contribution in [0.5, 0.6) is 5.75 Å². The van der Waals surface area contributed by atoms with Crippen molar-refractivity contribution in [3.8, 4) is 5.75 Å². The van der Waals surface area contributed by atoms with Gasteiger partial charge in [0.1, 0.15) is 15.5 Å². The maximum absolute atomic E-state index is 12.8. The molecular weight excluding hydrogens is 372 g/mol. The first-order chi connectivity index (χ1) is 12.6. The van der Waals surface area contributed by atoms with Crippen LogP contribution in [0.4, 0.5) is 0 Å². The second-order valence-corrected chi connectivity index (χ2v) is 9.25. The van der Waals surface area contributed by atoms with Crippen LogP contribution in [0.2, 0.25) is 0 Å². The molecule has 2 aliphatic rings. The Morgan fingerprint density at radius 1 is 1.19 bits per heavy atom. The number of nitrogens with one attached hydrogen (secondary N) is 1. The lowest BCUT2D eigenvalue weighted by Crippen LogP contribution is -2.34. The Balaban J connectivity index is 1.58. The van der Waals surface area contributed by atoms with Crippen molar-refractivity contribution in [1.29, 1.82) is 0 Å². The molecule has 26 heavy (non-hydrogen) atoms. The average molecular weight is 393 g/mol. The summed E-state index contributed by atoms with van der Waals surface area (Å²) in [6.45, 7) is 1.56. The Labute approximate surface area is 156 Å². The first kappa shape index (κ1) is 17.5. The van der Waals surface area contributed by atoms with Crippen molar-refractivity contribution in [1.82, 2.24) is 9.62 Å². The number of nitrogens with zero attached hydrogens (tertiary/aromatic N) is 1. The first-order valence-corrected chi connectivity index (χ1v) is 11.0. The van der Waals surface area contributed by atoms with E-state index in [1.165, 1.54) is 10.4 Å². The van der Waals surface area contributed by atoms with Crippen LogP contribution >= 0.6 is 11.3 Å². The molecule has 1 aromatic carbocycles. The van der Waals surface area contributed by atoms with Crippen LogP contribution in [0.1, 0.15) is 40.5 Å². The molecule has 1 N–H and O–H groups in total. The van der Waals surface area contributed by atoms with Gasteiger partial charge in [-0.25, -0.2) is 8.42 Å². The Hall–Kier alpha value is -1.90. The predicted molar refractivity (Wildman–Crippen MR) is 99.1 cm³/mol. The fraction of sp³-hybridized carbons (Fsp3) is 0.389. The molecule has 0 saturated carbocycles. The summed E-state index contributed by atoms with van der Waals surface area (Å²) in [7, 11) is -3.61. The summed E-state index contributed by atoms with van der Waals surface area (Å²) in [5.74, 6) is 0.416. The molecule has 2 aliphatic heterocycles. The van der Waals surface area contributed by atoms with Crippen molar-refractivity contribution in [3.63, 3.8) is 0 Å². The number of hydrogen-bond donors (Lipinski definition) is 1. The van der Waals surface area contributed by atoms with Crippen molar-refractivity contribution in [2.45, 2.75) is 30.2 Å². The van der Waals surface area contributed by atoms with E-state index in [4.69, 9.17) is 4.74 Å². The van der Waals surface area contributed by atoms with Crippen LogP contribution in [0.3, 0.4) is 0 Å². The van der Waals surface area contributed by atoms with Crippen LogP contribution in [-0.2, 0) is 10.0 Å². The van der Waals surface area contributed by atoms with Crippen molar-refractivity contribution in [2.24, 2.45) is 0 Å². The van der Waals surface area contributed by atoms with Gasteiger partial charge in [-0.05, 0) is 30.4 Å². The fourth-order valence-electron chi connectivity index (χ4n) is 3.45. The zero-order valence-corrected chi connectivity index (χ0v) is 15.8. The molecule has 1 saturated heterocycles. The predicted octanol–water partition coefficient (Wildman–Crippen LogP) is 2.79. The number of hydrogen-bond acceptors (Lipinski definition) is 5. The van der Waals surface area contributed by atoms with E-state index in [0.717, 1.165) is 35.5 Å². The number of carbonyl (C=O) groups excluding carboxylic acids is 1. The molecule has 2 aromatic rings. The number of ether oxygens (including phenoxy) is 1. The molecule has 1 aromatic heterocycles. The summed E-state index contributed by atoms with van der Waals surface area (Å²) in [6, 6.07) is 8.95. The maximum atomic E-state index is 12.8. The zero-order valence-electron chi connectivity index (χ0n) is 14.2. The summed E-state index contributed by atoms with van der Waals surface area (Å²) < 4.78 is 32.8. The number of amides is 1. The van der Waals surface area contributed by atoms with E-state index in [1.54, 1.807) is 5.38 Å². The monoisotopic (exact) mass is 392 g/mol. The van der Waals surface area contributed by atoms with Gasteiger partial charge < -0.3 is 10.1 Å². The number of carbonyl (C=O) groups is 1. The highest BCUT2D eigenvalue weighted by Gasteiger charge is 2.33. The highest BCUT2D eigenvalue weighted by atomic mass is 32.2. The number of rotatable bonds is 4. The second kappa shape index (κ2) is 7.02. The Bertz CT molecular complexity index is 917. The minimum Gasteiger partial charge on any atom is -0.493 e. The van der Waals surface area contributed by atoms with Crippen molar-refractivity contribution in [3.05, 3.63) is 46.2 Å². The van der Waals surface area contributed by atoms with E-state index in [2.05, 4.69) is 5.32 Å². The molecule has 8 heteroatoms. The van der Waals surface area contributed by atoms with E-state index in [9.17, 15) is 13.2 Å². The van der Waals surface area contributed by atoms with Gasteiger partial charge in [-0.3, -0.25) is 4.79 Å². The second-order valence-electron chi connectivity index (χ2n) is 6.43. The van der Waals surface area contributed by atoms with Gasteiger partial charge in [0.2, 0.25) is 10.0 Å². The Morgan fingerprint density at radius 2 is 1.96 bits per heavy atom. The molecule has 138 valence electrons. The highest BCUT2D eigenvalue weighted by molar-refractivity contribution is 7.89. The SMILES string of the molecule is O=C(NC1CCOc2ccccc21)c1sccc1S(=O)(=O)N1CCCC1. The summed E-state index contributed by atoms with van der Waals surface area (Å²) in [5.41, 5.74) is 0.924. The number of thiophene rings is 1. The minimum atomic E-state index is -3.61. The lowest BCUT2D eigenvalue weighted by molar-refractivity contribution is 0.0926. The lowest BCUT2D eigenvalue weighted by atomic mass is 10.0. The van der Waals surface area contributed by atoms with Crippen LogP contribution in [0.15, 0.2) is 40.6 Å². The van der Waals surface area contributed by atoms with E-state index in [1.807, 2.05) is 24.3 Å². The van der Waals surface area contributed by atoms with Gasteiger partial charge in [-0.15, -0.1) is 11.3 Å². The van der Waals surface area contributed by atoms with Crippen LogP contribution in [-0.4, -0.2) is 38.3 Å². The normalized spacial score (nSPS) is 20.4. The zero-order chi connectivity index (χ0) is 18.1. The molecular formula is C18H20N2O4S2. The van der Waals surface area contributed by atoms with Crippen molar-refractivity contribution < 1.29 is 17.9 Å². The summed E-state index contributed by atoms with van der Waals surface area (Å²) in [4.78, 5) is 13.2. The van der Waals surface area contributed by atoms with Crippen molar-refractivity contribution in [2.75, 3.05) is 19.7 Å². The lowest BCUT2D eigenvalue weighted by Gasteiger charge is -2.26. The molecule has 1 fully saturated rings. The van der Waals surface area contributed by atoms with Gasteiger partial charge in [0, 0.05) is 25.1 Å². The van der Waals surface area contributed by atoms with Crippen LogP contribution in [0, 0.1) is 0 Å². The smallest absolute Gasteiger partial charge is 0.263 e. The molecule has 1 amide bonds. The molecule has 1 unspecified atom stereocenters. The molecule has 0 bridgehead atoms. The van der Waals surface area contributed by atoms with Gasteiger partial charge >= 0.3 is 0 Å². The molecule has 0 aliphatic carbocycles. The molecule has 3 heterocycles. The van der Waals surface area contributed by atoms with Gasteiger partial charge in [-0.2, -0.15) is 4.31 Å². The third-order valence-corrected chi connectivity index (χ3v) is 7.77. The standard InChI is InChI=1S/C18H20N2O4S2/c21-18(19-14-7-11-24-15-6-2-1-5-13(14)15)17-16(8-12-25-17)26(22,23)20-9-3-4-10-20/h1-2,5-6,8,12,14H,3-4,7,9-11H2,(H,19,21). The van der Waals surface area contributed by atoms with Gasteiger partial charge in [-0.1, -0.05) is 18.2 Å². The number of fused-ring (bicyclic) bond motifs is 1. The van der Waals surface area contributed by atoms with Crippen molar-refractivity contribution >= 4 is 27.3 Å². The summed E-state index contributed by atoms with van der Waals surface area (Å²) in [6.07, 6.45) is 2.38. The number of benzene rings is 1. The third-order valence-electron chi connectivity index (χ3n) is 4.78. The largest absolute Gasteiger partial charge is 0.493 e. The van der Waals surface area contributed by atoms with E-state index < -0.39 is 10.0 Å².